The lowest BCUT2D eigenvalue weighted by Crippen LogP contribution is -2.08. The van der Waals surface area contributed by atoms with Crippen molar-refractivity contribution in [3.05, 3.63) is 36.4 Å². The Hall–Kier alpha value is -1.48. The van der Waals surface area contributed by atoms with Crippen LogP contribution in [0.15, 0.2) is 30.9 Å². The Morgan fingerprint density at radius 3 is 3.11 bits per heavy atom. The number of rotatable bonds is 7. The third-order valence-electron chi connectivity index (χ3n) is 3.40. The van der Waals surface area contributed by atoms with E-state index in [4.69, 9.17) is 15.2 Å². The van der Waals surface area contributed by atoms with Crippen LogP contribution >= 0.6 is 0 Å². The summed E-state index contributed by atoms with van der Waals surface area (Å²) in [7, 11) is 0. The van der Waals surface area contributed by atoms with Crippen LogP contribution in [0.25, 0.3) is 0 Å². The fourth-order valence-corrected chi connectivity index (χ4v) is 2.42. The van der Waals surface area contributed by atoms with Gasteiger partial charge in [0.2, 0.25) is 0 Å². The zero-order chi connectivity index (χ0) is 13.5. The summed E-state index contributed by atoms with van der Waals surface area (Å²) < 4.78 is 11.4. The van der Waals surface area contributed by atoms with Crippen molar-refractivity contribution in [3.8, 4) is 5.75 Å². The van der Waals surface area contributed by atoms with Gasteiger partial charge in [-0.15, -0.1) is 6.58 Å². The average Bonchev–Trinajstić information content (AvgIpc) is 2.90. The van der Waals surface area contributed by atoms with Crippen LogP contribution < -0.4 is 10.5 Å². The van der Waals surface area contributed by atoms with E-state index in [1.807, 2.05) is 24.3 Å². The predicted molar refractivity (Wildman–Crippen MR) is 78.5 cm³/mol. The Morgan fingerprint density at radius 1 is 1.47 bits per heavy atom. The van der Waals surface area contributed by atoms with E-state index in [9.17, 15) is 0 Å². The highest BCUT2D eigenvalue weighted by atomic mass is 16.5. The number of hydrogen-bond donors (Lipinski definition) is 1. The molecule has 2 N–H and O–H groups in total. The van der Waals surface area contributed by atoms with E-state index in [-0.39, 0.29) is 0 Å². The van der Waals surface area contributed by atoms with Gasteiger partial charge in [-0.3, -0.25) is 0 Å². The molecule has 0 amide bonds. The van der Waals surface area contributed by atoms with E-state index in [1.165, 1.54) is 12.8 Å². The molecular formula is C16H23NO2. The first-order valence-electron chi connectivity index (χ1n) is 7.03. The smallest absolute Gasteiger partial charge is 0.122 e. The lowest BCUT2D eigenvalue weighted by molar-refractivity contribution is 0.0981. The van der Waals surface area contributed by atoms with E-state index < -0.39 is 0 Å². The van der Waals surface area contributed by atoms with Gasteiger partial charge in [-0.1, -0.05) is 6.08 Å². The van der Waals surface area contributed by atoms with Gasteiger partial charge in [-0.2, -0.15) is 0 Å². The fourth-order valence-electron chi connectivity index (χ4n) is 2.42. The number of anilines is 1. The van der Waals surface area contributed by atoms with Gasteiger partial charge in [0, 0.05) is 12.3 Å². The minimum atomic E-state index is 0.447. The summed E-state index contributed by atoms with van der Waals surface area (Å²) in [4.78, 5) is 0. The van der Waals surface area contributed by atoms with Crippen LogP contribution in [0, 0.1) is 0 Å². The van der Waals surface area contributed by atoms with E-state index in [0.29, 0.717) is 6.10 Å². The van der Waals surface area contributed by atoms with Crippen molar-refractivity contribution in [2.75, 3.05) is 18.9 Å². The molecule has 1 aliphatic rings. The molecule has 1 aromatic carbocycles. The minimum Gasteiger partial charge on any atom is -0.493 e. The molecule has 1 saturated heterocycles. The summed E-state index contributed by atoms with van der Waals surface area (Å²) in [6.45, 7) is 5.42. The number of ether oxygens (including phenoxy) is 2. The van der Waals surface area contributed by atoms with Crippen molar-refractivity contribution in [2.24, 2.45) is 0 Å². The second-order valence-electron chi connectivity index (χ2n) is 4.99. The van der Waals surface area contributed by atoms with Crippen molar-refractivity contribution < 1.29 is 9.47 Å². The van der Waals surface area contributed by atoms with Gasteiger partial charge in [0.05, 0.1) is 12.7 Å². The normalized spacial score (nSPS) is 18.4. The molecule has 1 aromatic rings. The molecule has 3 nitrogen and oxygen atoms in total. The molecule has 1 unspecified atom stereocenters. The Balaban J connectivity index is 1.79. The van der Waals surface area contributed by atoms with E-state index in [2.05, 4.69) is 6.58 Å². The lowest BCUT2D eigenvalue weighted by atomic mass is 10.1. The number of allylic oxidation sites excluding steroid dienone is 1. The molecule has 0 aromatic heterocycles. The molecule has 104 valence electrons. The Labute approximate surface area is 115 Å². The number of nitrogen functional groups attached to an aromatic ring is 1. The lowest BCUT2D eigenvalue weighted by Gasteiger charge is -2.13. The topological polar surface area (TPSA) is 44.5 Å². The Bertz CT molecular complexity index is 411. The highest BCUT2D eigenvalue weighted by molar-refractivity contribution is 5.48. The summed E-state index contributed by atoms with van der Waals surface area (Å²) in [5.41, 5.74) is 7.66. The molecule has 0 radical (unpaired) electrons. The summed E-state index contributed by atoms with van der Waals surface area (Å²) in [5, 5.41) is 0. The maximum absolute atomic E-state index is 5.85. The van der Waals surface area contributed by atoms with Crippen LogP contribution in [0.3, 0.4) is 0 Å². The van der Waals surface area contributed by atoms with Crippen LogP contribution in [0.2, 0.25) is 0 Å². The highest BCUT2D eigenvalue weighted by Crippen LogP contribution is 2.23. The summed E-state index contributed by atoms with van der Waals surface area (Å²) in [6, 6.07) is 5.78. The average molecular weight is 261 g/mol. The molecular weight excluding hydrogens is 238 g/mol. The van der Waals surface area contributed by atoms with Gasteiger partial charge in [-0.05, 0) is 55.9 Å². The first-order chi connectivity index (χ1) is 9.29. The fraction of sp³-hybridized carbons (Fsp3) is 0.500. The van der Waals surface area contributed by atoms with Gasteiger partial charge in [0.1, 0.15) is 5.75 Å². The van der Waals surface area contributed by atoms with Crippen molar-refractivity contribution in [1.82, 2.24) is 0 Å². The molecule has 1 heterocycles. The van der Waals surface area contributed by atoms with E-state index in [0.717, 1.165) is 49.5 Å². The molecule has 0 spiro atoms. The van der Waals surface area contributed by atoms with Gasteiger partial charge in [0.15, 0.2) is 0 Å². The number of hydrogen-bond acceptors (Lipinski definition) is 3. The predicted octanol–water partition coefficient (Wildman–Crippen LogP) is 3.34. The summed E-state index contributed by atoms with van der Waals surface area (Å²) >= 11 is 0. The van der Waals surface area contributed by atoms with Crippen LogP contribution in [0.4, 0.5) is 5.69 Å². The van der Waals surface area contributed by atoms with Gasteiger partial charge < -0.3 is 15.2 Å². The minimum absolute atomic E-state index is 0.447. The quantitative estimate of drug-likeness (QED) is 0.465. The van der Waals surface area contributed by atoms with Gasteiger partial charge >= 0.3 is 0 Å². The zero-order valence-electron chi connectivity index (χ0n) is 11.4. The molecule has 2 rings (SSSR count). The Morgan fingerprint density at radius 2 is 2.37 bits per heavy atom. The van der Waals surface area contributed by atoms with Crippen molar-refractivity contribution in [3.63, 3.8) is 0 Å². The monoisotopic (exact) mass is 261 g/mol. The first-order valence-corrected chi connectivity index (χ1v) is 7.03. The van der Waals surface area contributed by atoms with Crippen molar-refractivity contribution in [1.29, 1.82) is 0 Å². The van der Waals surface area contributed by atoms with Crippen LogP contribution in [-0.2, 0) is 11.2 Å². The third kappa shape index (κ3) is 4.28. The summed E-state index contributed by atoms with van der Waals surface area (Å²) in [6.07, 6.45) is 7.62. The molecule has 1 fully saturated rings. The molecule has 1 atom stereocenters. The zero-order valence-corrected chi connectivity index (χ0v) is 11.4. The van der Waals surface area contributed by atoms with Crippen LogP contribution in [-0.4, -0.2) is 19.3 Å². The SMILES string of the molecule is C=CCc1cc(N)ccc1OCCCC1CCCO1. The Kier molecular flexibility index (Phi) is 5.28. The molecule has 1 aliphatic heterocycles. The van der Waals surface area contributed by atoms with Crippen molar-refractivity contribution in [2.45, 2.75) is 38.2 Å². The number of benzene rings is 1. The van der Waals surface area contributed by atoms with E-state index in [1.54, 1.807) is 0 Å². The maximum Gasteiger partial charge on any atom is 0.122 e. The second kappa shape index (κ2) is 7.19. The molecule has 3 heteroatoms. The van der Waals surface area contributed by atoms with Gasteiger partial charge in [-0.25, -0.2) is 0 Å². The molecule has 19 heavy (non-hydrogen) atoms. The summed E-state index contributed by atoms with van der Waals surface area (Å²) in [5.74, 6) is 0.918. The maximum atomic E-state index is 5.85. The first kappa shape index (κ1) is 13.9. The van der Waals surface area contributed by atoms with E-state index >= 15 is 0 Å². The van der Waals surface area contributed by atoms with Gasteiger partial charge in [0.25, 0.3) is 0 Å². The highest BCUT2D eigenvalue weighted by Gasteiger charge is 2.14. The standard InChI is InChI=1S/C16H23NO2/c1-2-5-13-12-14(17)8-9-16(13)19-11-4-7-15-6-3-10-18-15/h2,8-9,12,15H,1,3-7,10-11,17H2. The molecule has 0 aliphatic carbocycles. The molecule has 0 saturated carbocycles. The second-order valence-corrected chi connectivity index (χ2v) is 4.99. The van der Waals surface area contributed by atoms with Crippen LogP contribution in [0.5, 0.6) is 5.75 Å². The van der Waals surface area contributed by atoms with Crippen molar-refractivity contribution >= 4 is 5.69 Å². The molecule has 0 bridgehead atoms. The largest absolute Gasteiger partial charge is 0.493 e. The third-order valence-corrected chi connectivity index (χ3v) is 3.40. The van der Waals surface area contributed by atoms with Crippen LogP contribution in [0.1, 0.15) is 31.2 Å². The number of nitrogens with two attached hydrogens (primary N) is 1.